The van der Waals surface area contributed by atoms with E-state index in [1.54, 1.807) is 11.1 Å². The Morgan fingerprint density at radius 2 is 1.22 bits per heavy atom. The maximum absolute atomic E-state index is 4.68. The zero-order chi connectivity index (χ0) is 16.7. The second kappa shape index (κ2) is 5.61. The van der Waals surface area contributed by atoms with Gasteiger partial charge < -0.3 is 0 Å². The first-order valence-electron chi connectivity index (χ1n) is 7.87. The topological polar surface area (TPSA) is 34.6 Å². The molecule has 0 unspecified atom stereocenters. The zero-order valence-electron chi connectivity index (χ0n) is 14.7. The normalized spacial score (nSPS) is 11.0. The number of aryl methyl sites for hydroxylation is 6. The second-order valence-corrected chi connectivity index (χ2v) is 6.45. The Morgan fingerprint density at radius 3 is 1.74 bits per heavy atom. The molecule has 0 saturated carbocycles. The average Bonchev–Trinajstić information content (AvgIpc) is 2.85. The molecule has 0 radical (unpaired) electrons. The van der Waals surface area contributed by atoms with Crippen molar-refractivity contribution < 1.29 is 4.68 Å². The first-order chi connectivity index (χ1) is 10.9. The van der Waals surface area contributed by atoms with Crippen molar-refractivity contribution in [1.82, 2.24) is 15.1 Å². The molecule has 1 heterocycles. The van der Waals surface area contributed by atoms with E-state index in [1.165, 1.54) is 33.4 Å². The van der Waals surface area contributed by atoms with Gasteiger partial charge in [-0.3, -0.25) is 0 Å². The van der Waals surface area contributed by atoms with Crippen LogP contribution in [-0.4, -0.2) is 15.1 Å². The van der Waals surface area contributed by atoms with E-state index in [-0.39, 0.29) is 0 Å². The Balaban J connectivity index is 2.13. The van der Waals surface area contributed by atoms with Crippen LogP contribution in [0.5, 0.6) is 0 Å². The molecular formula is C19H23N4+. The van der Waals surface area contributed by atoms with Gasteiger partial charge in [-0.15, -0.1) is 4.68 Å². The van der Waals surface area contributed by atoms with Crippen LogP contribution in [0.15, 0.2) is 30.6 Å². The van der Waals surface area contributed by atoms with Crippen LogP contribution in [-0.2, 0) is 0 Å². The van der Waals surface area contributed by atoms with Crippen molar-refractivity contribution in [2.24, 2.45) is 0 Å². The molecule has 4 nitrogen and oxygen atoms in total. The molecule has 0 aliphatic heterocycles. The van der Waals surface area contributed by atoms with Gasteiger partial charge in [-0.25, -0.2) is 0 Å². The van der Waals surface area contributed by atoms with E-state index in [2.05, 4.69) is 76.1 Å². The van der Waals surface area contributed by atoms with Gasteiger partial charge in [0.15, 0.2) is 5.69 Å². The van der Waals surface area contributed by atoms with E-state index in [0.717, 1.165) is 11.4 Å². The lowest BCUT2D eigenvalue weighted by Gasteiger charge is -2.06. The van der Waals surface area contributed by atoms with Crippen LogP contribution in [0.3, 0.4) is 0 Å². The Kier molecular flexibility index (Phi) is 3.76. The van der Waals surface area contributed by atoms with Crippen LogP contribution >= 0.6 is 0 Å². The summed E-state index contributed by atoms with van der Waals surface area (Å²) in [7, 11) is 0. The molecule has 2 aromatic carbocycles. The van der Waals surface area contributed by atoms with Crippen molar-refractivity contribution in [2.45, 2.75) is 41.5 Å². The minimum atomic E-state index is 1.05. The molecule has 0 atom stereocenters. The number of nitrogens with zero attached hydrogens (tertiary/aromatic N) is 4. The van der Waals surface area contributed by atoms with Crippen molar-refractivity contribution in [3.05, 3.63) is 64.0 Å². The number of aromatic nitrogens is 4. The van der Waals surface area contributed by atoms with Crippen LogP contribution in [0.25, 0.3) is 11.4 Å². The predicted octanol–water partition coefficient (Wildman–Crippen LogP) is 3.39. The number of hydrogen-bond acceptors (Lipinski definition) is 2. The van der Waals surface area contributed by atoms with Crippen molar-refractivity contribution >= 4 is 0 Å². The smallest absolute Gasteiger partial charge is 0.103 e. The molecule has 0 aliphatic carbocycles. The Hall–Kier alpha value is -2.49. The van der Waals surface area contributed by atoms with Gasteiger partial charge in [0.2, 0.25) is 0 Å². The second-order valence-electron chi connectivity index (χ2n) is 6.45. The Morgan fingerprint density at radius 1 is 0.739 bits per heavy atom. The third-order valence-electron chi connectivity index (χ3n) is 4.15. The predicted molar refractivity (Wildman–Crippen MR) is 91.3 cm³/mol. The van der Waals surface area contributed by atoms with E-state index in [1.807, 2.05) is 4.68 Å². The fourth-order valence-electron chi connectivity index (χ4n) is 3.46. The summed E-state index contributed by atoms with van der Waals surface area (Å²) in [5.41, 5.74) is 9.45. The summed E-state index contributed by atoms with van der Waals surface area (Å²) in [5, 5.41) is 9.16. The molecule has 0 spiro atoms. The average molecular weight is 307 g/mol. The molecule has 1 aromatic heterocycles. The van der Waals surface area contributed by atoms with Gasteiger partial charge in [0, 0.05) is 4.80 Å². The lowest BCUT2D eigenvalue weighted by molar-refractivity contribution is -0.662. The molecule has 23 heavy (non-hydrogen) atoms. The van der Waals surface area contributed by atoms with Gasteiger partial charge in [0.1, 0.15) is 5.69 Å². The third kappa shape index (κ3) is 2.77. The molecule has 0 N–H and O–H groups in total. The maximum atomic E-state index is 4.68. The molecule has 118 valence electrons. The summed E-state index contributed by atoms with van der Waals surface area (Å²) in [6.45, 7) is 12.7. The minimum Gasteiger partial charge on any atom is -0.103 e. The molecular weight excluding hydrogens is 284 g/mol. The summed E-state index contributed by atoms with van der Waals surface area (Å²) in [4.78, 5) is 1.73. The zero-order valence-corrected chi connectivity index (χ0v) is 14.7. The number of rotatable bonds is 2. The quantitative estimate of drug-likeness (QED) is 0.680. The fraction of sp³-hybridized carbons (Fsp3) is 0.316. The summed E-state index contributed by atoms with van der Waals surface area (Å²) >= 11 is 0. The molecule has 3 rings (SSSR count). The third-order valence-corrected chi connectivity index (χ3v) is 4.15. The highest BCUT2D eigenvalue weighted by Gasteiger charge is 2.19. The van der Waals surface area contributed by atoms with E-state index in [4.69, 9.17) is 0 Å². The largest absolute Gasteiger partial charge is 0.292 e. The lowest BCUT2D eigenvalue weighted by atomic mass is 10.1. The first kappa shape index (κ1) is 15.4. The molecule has 0 amide bonds. The number of benzene rings is 2. The van der Waals surface area contributed by atoms with Crippen LogP contribution in [0.1, 0.15) is 33.4 Å². The van der Waals surface area contributed by atoms with Gasteiger partial charge in [-0.2, -0.15) is 0 Å². The highest BCUT2D eigenvalue weighted by atomic mass is 15.6. The van der Waals surface area contributed by atoms with Crippen molar-refractivity contribution in [3.8, 4) is 11.4 Å². The molecule has 0 aliphatic rings. The summed E-state index contributed by atoms with van der Waals surface area (Å²) in [6, 6.07) is 8.68. The van der Waals surface area contributed by atoms with Gasteiger partial charge in [-0.1, -0.05) is 35.4 Å². The minimum absolute atomic E-state index is 1.05. The standard InChI is InChI=1S/C19H23N4/c1-12-7-14(3)18(15(4)8-12)22-11-20-23(21-22)19-16(5)9-13(2)10-17(19)6/h7-11H,1-6H3/q+1. The van der Waals surface area contributed by atoms with E-state index < -0.39 is 0 Å². The lowest BCUT2D eigenvalue weighted by Crippen LogP contribution is -2.35. The molecule has 0 fully saturated rings. The van der Waals surface area contributed by atoms with Crippen molar-refractivity contribution in [3.63, 3.8) is 0 Å². The number of tetrazole rings is 1. The summed E-state index contributed by atoms with van der Waals surface area (Å²) in [5.74, 6) is 0. The Labute approximate surface area is 137 Å². The van der Waals surface area contributed by atoms with Gasteiger partial charge in [0.25, 0.3) is 6.33 Å². The Bertz CT molecular complexity index is 772. The molecule has 0 saturated heterocycles. The summed E-state index contributed by atoms with van der Waals surface area (Å²) in [6.07, 6.45) is 1.78. The summed E-state index contributed by atoms with van der Waals surface area (Å²) < 4.78 is 1.86. The molecule has 4 heteroatoms. The van der Waals surface area contributed by atoms with Crippen molar-refractivity contribution in [2.75, 3.05) is 0 Å². The van der Waals surface area contributed by atoms with Crippen LogP contribution in [0.2, 0.25) is 0 Å². The molecule has 3 aromatic rings. The highest BCUT2D eigenvalue weighted by molar-refractivity contribution is 5.47. The SMILES string of the molecule is Cc1cc(C)c(-n2nc[n+](-c3c(C)cc(C)cc3C)n2)c(C)c1. The van der Waals surface area contributed by atoms with Crippen LogP contribution < -0.4 is 4.68 Å². The highest BCUT2D eigenvalue weighted by Crippen LogP contribution is 2.19. The maximum Gasteiger partial charge on any atom is 0.292 e. The van der Waals surface area contributed by atoms with Gasteiger partial charge in [0.05, 0.1) is 10.3 Å². The van der Waals surface area contributed by atoms with Crippen LogP contribution in [0, 0.1) is 41.5 Å². The van der Waals surface area contributed by atoms with Crippen LogP contribution in [0.4, 0.5) is 0 Å². The molecule has 0 bridgehead atoms. The van der Waals surface area contributed by atoms with E-state index in [0.29, 0.717) is 0 Å². The van der Waals surface area contributed by atoms with Crippen molar-refractivity contribution in [1.29, 1.82) is 0 Å². The monoisotopic (exact) mass is 307 g/mol. The number of hydrogen-bond donors (Lipinski definition) is 0. The fourth-order valence-corrected chi connectivity index (χ4v) is 3.46. The van der Waals surface area contributed by atoms with E-state index in [9.17, 15) is 0 Å². The van der Waals surface area contributed by atoms with Gasteiger partial charge in [-0.05, 0) is 63.8 Å². The first-order valence-corrected chi connectivity index (χ1v) is 7.87. The van der Waals surface area contributed by atoms with E-state index >= 15 is 0 Å². The van der Waals surface area contributed by atoms with Gasteiger partial charge >= 0.3 is 0 Å².